The van der Waals surface area contributed by atoms with Crippen LogP contribution in [-0.4, -0.2) is 46.4 Å². The van der Waals surface area contributed by atoms with Gasteiger partial charge in [0, 0.05) is 50.2 Å². The molecule has 3 heterocycles. The fourth-order valence-electron chi connectivity index (χ4n) is 3.77. The standard InChI is InChI=1S/C19H21N3O/c23-19(16-6-9-20-10-7-16)21-11-8-17-13-22(18(17)14-21)12-15-4-2-1-3-5-15/h1-7,9-10,17-18H,8,11-14H2/t17-,18-/m1/s1. The Morgan fingerprint density at radius 2 is 1.87 bits per heavy atom. The lowest BCUT2D eigenvalue weighted by Gasteiger charge is -2.53. The number of piperidine rings is 1. The number of aromatic nitrogens is 1. The van der Waals surface area contributed by atoms with Gasteiger partial charge in [0.25, 0.3) is 5.91 Å². The fourth-order valence-corrected chi connectivity index (χ4v) is 3.77. The minimum absolute atomic E-state index is 0.136. The Morgan fingerprint density at radius 3 is 2.65 bits per heavy atom. The first-order chi connectivity index (χ1) is 11.3. The highest BCUT2D eigenvalue weighted by atomic mass is 16.2. The molecule has 1 amide bonds. The van der Waals surface area contributed by atoms with Crippen LogP contribution >= 0.6 is 0 Å². The summed E-state index contributed by atoms with van der Waals surface area (Å²) >= 11 is 0. The van der Waals surface area contributed by atoms with Crippen molar-refractivity contribution in [1.82, 2.24) is 14.8 Å². The number of fused-ring (bicyclic) bond motifs is 1. The van der Waals surface area contributed by atoms with Gasteiger partial charge in [-0.05, 0) is 30.0 Å². The maximum atomic E-state index is 12.6. The van der Waals surface area contributed by atoms with Crippen molar-refractivity contribution in [2.24, 2.45) is 5.92 Å². The van der Waals surface area contributed by atoms with E-state index in [1.165, 1.54) is 5.56 Å². The van der Waals surface area contributed by atoms with Crippen molar-refractivity contribution in [3.8, 4) is 0 Å². The normalized spacial score (nSPS) is 23.9. The van der Waals surface area contributed by atoms with Crippen LogP contribution in [0, 0.1) is 5.92 Å². The first kappa shape index (κ1) is 14.4. The zero-order chi connectivity index (χ0) is 15.6. The van der Waals surface area contributed by atoms with Crippen LogP contribution in [0.4, 0.5) is 0 Å². The second-order valence-corrected chi connectivity index (χ2v) is 6.52. The van der Waals surface area contributed by atoms with E-state index in [1.54, 1.807) is 24.5 Å². The SMILES string of the molecule is O=C(c1ccncc1)N1CC[C@@H]2CN(Cc3ccccc3)[C@@H]2C1. The molecular weight excluding hydrogens is 286 g/mol. The van der Waals surface area contributed by atoms with Gasteiger partial charge in [-0.3, -0.25) is 14.7 Å². The Hall–Kier alpha value is -2.20. The molecular formula is C19H21N3O. The lowest BCUT2D eigenvalue weighted by molar-refractivity contribution is -0.0427. The molecule has 4 rings (SSSR count). The number of hydrogen-bond acceptors (Lipinski definition) is 3. The zero-order valence-corrected chi connectivity index (χ0v) is 13.1. The quantitative estimate of drug-likeness (QED) is 0.874. The molecule has 0 aliphatic carbocycles. The zero-order valence-electron chi connectivity index (χ0n) is 13.1. The van der Waals surface area contributed by atoms with Gasteiger partial charge in [-0.25, -0.2) is 0 Å². The summed E-state index contributed by atoms with van der Waals surface area (Å²) in [5, 5.41) is 0. The summed E-state index contributed by atoms with van der Waals surface area (Å²) in [6, 6.07) is 14.7. The van der Waals surface area contributed by atoms with Gasteiger partial charge in [-0.15, -0.1) is 0 Å². The number of carbonyl (C=O) groups excluding carboxylic acids is 1. The van der Waals surface area contributed by atoms with Gasteiger partial charge in [0.15, 0.2) is 0 Å². The highest BCUT2D eigenvalue weighted by Gasteiger charge is 2.43. The predicted molar refractivity (Wildman–Crippen MR) is 88.9 cm³/mol. The lowest BCUT2D eigenvalue weighted by atomic mass is 9.82. The Labute approximate surface area is 136 Å². The largest absolute Gasteiger partial charge is 0.337 e. The molecule has 2 atom stereocenters. The molecule has 2 aliphatic heterocycles. The average molecular weight is 307 g/mol. The van der Waals surface area contributed by atoms with Crippen molar-refractivity contribution in [1.29, 1.82) is 0 Å². The number of hydrogen-bond donors (Lipinski definition) is 0. The van der Waals surface area contributed by atoms with Gasteiger partial charge in [-0.1, -0.05) is 30.3 Å². The summed E-state index contributed by atoms with van der Waals surface area (Å²) in [7, 11) is 0. The maximum absolute atomic E-state index is 12.6. The minimum atomic E-state index is 0.136. The number of amides is 1. The molecule has 0 spiro atoms. The van der Waals surface area contributed by atoms with Gasteiger partial charge < -0.3 is 4.90 Å². The highest BCUT2D eigenvalue weighted by molar-refractivity contribution is 5.94. The van der Waals surface area contributed by atoms with Gasteiger partial charge in [0.2, 0.25) is 0 Å². The molecule has 4 nitrogen and oxygen atoms in total. The van der Waals surface area contributed by atoms with E-state index in [0.717, 1.165) is 44.1 Å². The van der Waals surface area contributed by atoms with Gasteiger partial charge in [0.05, 0.1) is 0 Å². The molecule has 0 saturated carbocycles. The smallest absolute Gasteiger partial charge is 0.254 e. The second-order valence-electron chi connectivity index (χ2n) is 6.52. The molecule has 23 heavy (non-hydrogen) atoms. The molecule has 4 heteroatoms. The Balaban J connectivity index is 1.41. The lowest BCUT2D eigenvalue weighted by Crippen LogP contribution is -2.64. The molecule has 0 bridgehead atoms. The van der Waals surface area contributed by atoms with Crippen molar-refractivity contribution in [3.05, 3.63) is 66.0 Å². The van der Waals surface area contributed by atoms with Crippen molar-refractivity contribution in [3.63, 3.8) is 0 Å². The summed E-state index contributed by atoms with van der Waals surface area (Å²) in [4.78, 5) is 21.1. The van der Waals surface area contributed by atoms with Crippen LogP contribution < -0.4 is 0 Å². The maximum Gasteiger partial charge on any atom is 0.254 e. The first-order valence-corrected chi connectivity index (χ1v) is 8.28. The predicted octanol–water partition coefficient (Wildman–Crippen LogP) is 2.43. The Kier molecular flexibility index (Phi) is 3.83. The van der Waals surface area contributed by atoms with Crippen LogP contribution in [0.3, 0.4) is 0 Å². The molecule has 2 aliphatic rings. The van der Waals surface area contributed by atoms with Crippen molar-refractivity contribution in [2.75, 3.05) is 19.6 Å². The summed E-state index contributed by atoms with van der Waals surface area (Å²) in [5.74, 6) is 0.887. The van der Waals surface area contributed by atoms with Gasteiger partial charge in [0.1, 0.15) is 0 Å². The van der Waals surface area contributed by atoms with Gasteiger partial charge in [-0.2, -0.15) is 0 Å². The summed E-state index contributed by atoms with van der Waals surface area (Å²) in [5.41, 5.74) is 2.09. The third-order valence-electron chi connectivity index (χ3n) is 5.10. The van der Waals surface area contributed by atoms with E-state index in [1.807, 2.05) is 4.90 Å². The highest BCUT2D eigenvalue weighted by Crippen LogP contribution is 2.34. The molecule has 1 aromatic carbocycles. The van der Waals surface area contributed by atoms with Crippen molar-refractivity contribution < 1.29 is 4.79 Å². The average Bonchev–Trinajstić information content (AvgIpc) is 2.61. The molecule has 1 aromatic heterocycles. The summed E-state index contributed by atoms with van der Waals surface area (Å²) < 4.78 is 0. The Morgan fingerprint density at radius 1 is 1.09 bits per heavy atom. The molecule has 0 unspecified atom stereocenters. The number of carbonyl (C=O) groups is 1. The third-order valence-corrected chi connectivity index (χ3v) is 5.10. The van der Waals surface area contributed by atoms with Crippen LogP contribution in [-0.2, 0) is 6.54 Å². The third kappa shape index (κ3) is 2.86. The number of rotatable bonds is 3. The van der Waals surface area contributed by atoms with Crippen LogP contribution in [0.5, 0.6) is 0 Å². The van der Waals surface area contributed by atoms with E-state index < -0.39 is 0 Å². The topological polar surface area (TPSA) is 36.4 Å². The number of likely N-dealkylation sites (tertiary alicyclic amines) is 2. The van der Waals surface area contributed by atoms with E-state index >= 15 is 0 Å². The number of nitrogens with zero attached hydrogens (tertiary/aromatic N) is 3. The summed E-state index contributed by atoms with van der Waals surface area (Å²) in [6.45, 7) is 3.87. The molecule has 118 valence electrons. The van der Waals surface area contributed by atoms with Gasteiger partial charge >= 0.3 is 0 Å². The fraction of sp³-hybridized carbons (Fsp3) is 0.368. The van der Waals surface area contributed by atoms with Crippen LogP contribution in [0.25, 0.3) is 0 Å². The Bertz CT molecular complexity index is 674. The van der Waals surface area contributed by atoms with Crippen LogP contribution in [0.2, 0.25) is 0 Å². The van der Waals surface area contributed by atoms with E-state index in [-0.39, 0.29) is 5.91 Å². The van der Waals surface area contributed by atoms with E-state index in [4.69, 9.17) is 0 Å². The molecule has 0 N–H and O–H groups in total. The van der Waals surface area contributed by atoms with Crippen molar-refractivity contribution in [2.45, 2.75) is 19.0 Å². The monoisotopic (exact) mass is 307 g/mol. The first-order valence-electron chi connectivity index (χ1n) is 8.28. The number of benzene rings is 1. The summed E-state index contributed by atoms with van der Waals surface area (Å²) in [6.07, 6.45) is 4.49. The van der Waals surface area contributed by atoms with Crippen molar-refractivity contribution >= 4 is 5.91 Å². The van der Waals surface area contributed by atoms with E-state index in [2.05, 4.69) is 40.2 Å². The molecule has 2 fully saturated rings. The van der Waals surface area contributed by atoms with Crippen LogP contribution in [0.1, 0.15) is 22.3 Å². The molecule has 2 saturated heterocycles. The molecule has 2 aromatic rings. The molecule has 0 radical (unpaired) electrons. The van der Waals surface area contributed by atoms with E-state index in [9.17, 15) is 4.79 Å². The number of pyridine rings is 1. The second kappa shape index (κ2) is 6.13. The van der Waals surface area contributed by atoms with Crippen LogP contribution in [0.15, 0.2) is 54.9 Å². The minimum Gasteiger partial charge on any atom is -0.337 e. The van der Waals surface area contributed by atoms with E-state index in [0.29, 0.717) is 6.04 Å².